The van der Waals surface area contributed by atoms with Crippen LogP contribution in [-0.4, -0.2) is 23.2 Å². The quantitative estimate of drug-likeness (QED) is 0.647. The van der Waals surface area contributed by atoms with E-state index in [0.29, 0.717) is 27.2 Å². The third-order valence-corrected chi connectivity index (χ3v) is 6.80. The van der Waals surface area contributed by atoms with Crippen molar-refractivity contribution in [3.8, 4) is 0 Å². The van der Waals surface area contributed by atoms with Crippen LogP contribution in [0.25, 0.3) is 0 Å². The van der Waals surface area contributed by atoms with Crippen LogP contribution >= 0.6 is 23.2 Å². The molecule has 0 saturated carbocycles. The molecule has 0 bridgehead atoms. The van der Waals surface area contributed by atoms with E-state index in [2.05, 4.69) is 19.5 Å². The molecule has 28 heavy (non-hydrogen) atoms. The Balaban J connectivity index is 1.49. The highest BCUT2D eigenvalue weighted by atomic mass is 35.5. The molecule has 2 heterocycles. The summed E-state index contributed by atoms with van der Waals surface area (Å²) in [5.74, 6) is 1.11. The second-order valence-corrected chi connectivity index (χ2v) is 9.41. The Hall–Kier alpha value is -2.09. The zero-order valence-corrected chi connectivity index (χ0v) is 17.2. The predicted octanol–water partition coefficient (Wildman–Crippen LogP) is 4.26. The monoisotopic (exact) mass is 436 g/mol. The molecule has 0 fully saturated rings. The lowest BCUT2D eigenvalue weighted by molar-refractivity contribution is 0.456. The molecule has 1 atom stereocenters. The molecule has 3 aromatic rings. The number of fused-ring (bicyclic) bond motifs is 1. The summed E-state index contributed by atoms with van der Waals surface area (Å²) in [5.41, 5.74) is 2.21. The van der Waals surface area contributed by atoms with Crippen LogP contribution in [0.2, 0.25) is 10.0 Å². The van der Waals surface area contributed by atoms with Crippen molar-refractivity contribution in [2.75, 3.05) is 4.72 Å². The molecule has 1 aliphatic rings. The van der Waals surface area contributed by atoms with Gasteiger partial charge in [-0.2, -0.15) is 0 Å². The van der Waals surface area contributed by atoms with Gasteiger partial charge in [0.05, 0.1) is 15.8 Å². The van der Waals surface area contributed by atoms with E-state index in [1.165, 1.54) is 0 Å². The van der Waals surface area contributed by atoms with Gasteiger partial charge in [-0.3, -0.25) is 4.72 Å². The average molecular weight is 437 g/mol. The predicted molar refractivity (Wildman–Crippen MR) is 110 cm³/mol. The number of anilines is 1. The van der Waals surface area contributed by atoms with Gasteiger partial charge in [-0.05, 0) is 41.8 Å². The standard InChI is InChI=1S/C19H18Cl2N4O2S/c20-17-6-4-13(8-18(17)21)11-28(26,27)24-16-3-1-2-14(9-16)15-5-7-19-23-22-12-25(19)10-15/h1-4,6,8-9,12,15,24H,5,7,10-11H2. The van der Waals surface area contributed by atoms with Gasteiger partial charge in [0.15, 0.2) is 0 Å². The normalized spacial score (nSPS) is 16.6. The first-order valence-electron chi connectivity index (χ1n) is 8.81. The van der Waals surface area contributed by atoms with Crippen molar-refractivity contribution in [2.45, 2.75) is 31.1 Å². The largest absolute Gasteiger partial charge is 0.317 e. The fraction of sp³-hybridized carbons (Fsp3) is 0.263. The van der Waals surface area contributed by atoms with Crippen LogP contribution < -0.4 is 4.72 Å². The Labute approximate surface area is 173 Å². The molecule has 0 radical (unpaired) electrons. The summed E-state index contributed by atoms with van der Waals surface area (Å²) in [6, 6.07) is 12.4. The number of rotatable bonds is 5. The molecule has 9 heteroatoms. The number of halogens is 2. The second-order valence-electron chi connectivity index (χ2n) is 6.87. The highest BCUT2D eigenvalue weighted by Crippen LogP contribution is 2.30. The number of hydrogen-bond donors (Lipinski definition) is 1. The number of nitrogens with zero attached hydrogens (tertiary/aromatic N) is 3. The van der Waals surface area contributed by atoms with E-state index in [1.807, 2.05) is 18.2 Å². The van der Waals surface area contributed by atoms with Crippen molar-refractivity contribution >= 4 is 38.9 Å². The third kappa shape index (κ3) is 4.32. The van der Waals surface area contributed by atoms with E-state index in [1.54, 1.807) is 30.6 Å². The lowest BCUT2D eigenvalue weighted by Gasteiger charge is -2.23. The van der Waals surface area contributed by atoms with E-state index < -0.39 is 10.0 Å². The number of nitrogens with one attached hydrogen (secondary N) is 1. The maximum Gasteiger partial charge on any atom is 0.236 e. The molecule has 1 N–H and O–H groups in total. The van der Waals surface area contributed by atoms with Gasteiger partial charge < -0.3 is 4.57 Å². The Morgan fingerprint density at radius 1 is 1.14 bits per heavy atom. The number of aromatic nitrogens is 3. The molecular formula is C19H18Cl2N4O2S. The molecule has 0 amide bonds. The minimum absolute atomic E-state index is 0.179. The zero-order chi connectivity index (χ0) is 19.7. The smallest absolute Gasteiger partial charge is 0.236 e. The van der Waals surface area contributed by atoms with Crippen molar-refractivity contribution in [1.82, 2.24) is 14.8 Å². The van der Waals surface area contributed by atoms with Crippen LogP contribution in [-0.2, 0) is 28.7 Å². The van der Waals surface area contributed by atoms with Crippen molar-refractivity contribution in [3.63, 3.8) is 0 Å². The fourth-order valence-corrected chi connectivity index (χ4v) is 4.95. The Morgan fingerprint density at radius 3 is 2.82 bits per heavy atom. The van der Waals surface area contributed by atoms with E-state index in [0.717, 1.165) is 30.8 Å². The first-order valence-corrected chi connectivity index (χ1v) is 11.2. The van der Waals surface area contributed by atoms with Crippen LogP contribution in [0.1, 0.15) is 29.3 Å². The number of hydrogen-bond acceptors (Lipinski definition) is 4. The van der Waals surface area contributed by atoms with Gasteiger partial charge >= 0.3 is 0 Å². The molecule has 2 aromatic carbocycles. The van der Waals surface area contributed by atoms with Crippen LogP contribution in [0.5, 0.6) is 0 Å². The Bertz CT molecular complexity index is 1110. The lowest BCUT2D eigenvalue weighted by atomic mass is 9.91. The molecule has 146 valence electrons. The second kappa shape index (κ2) is 7.73. The Morgan fingerprint density at radius 2 is 2.00 bits per heavy atom. The molecule has 0 saturated heterocycles. The van der Waals surface area contributed by atoms with Gasteiger partial charge in [0.1, 0.15) is 12.2 Å². The fourth-order valence-electron chi connectivity index (χ4n) is 3.45. The molecule has 4 rings (SSSR count). The summed E-state index contributed by atoms with van der Waals surface area (Å²) in [4.78, 5) is 0. The minimum Gasteiger partial charge on any atom is -0.317 e. The van der Waals surface area contributed by atoms with Crippen LogP contribution in [0.15, 0.2) is 48.8 Å². The molecule has 1 aliphatic heterocycles. The van der Waals surface area contributed by atoms with Gasteiger partial charge in [0.2, 0.25) is 10.0 Å². The summed E-state index contributed by atoms with van der Waals surface area (Å²) < 4.78 is 29.9. The maximum absolute atomic E-state index is 12.6. The number of aryl methyl sites for hydroxylation is 1. The van der Waals surface area contributed by atoms with Gasteiger partial charge in [-0.25, -0.2) is 8.42 Å². The zero-order valence-electron chi connectivity index (χ0n) is 14.8. The maximum atomic E-state index is 12.6. The van der Waals surface area contributed by atoms with Crippen LogP contribution in [0, 0.1) is 0 Å². The summed E-state index contributed by atoms with van der Waals surface area (Å²) >= 11 is 11.9. The number of sulfonamides is 1. The van der Waals surface area contributed by atoms with E-state index in [4.69, 9.17) is 23.2 Å². The molecule has 6 nitrogen and oxygen atoms in total. The topological polar surface area (TPSA) is 76.9 Å². The van der Waals surface area contributed by atoms with Gasteiger partial charge in [0.25, 0.3) is 0 Å². The molecule has 1 unspecified atom stereocenters. The van der Waals surface area contributed by atoms with Crippen molar-refractivity contribution < 1.29 is 8.42 Å². The van der Waals surface area contributed by atoms with Gasteiger partial charge in [-0.1, -0.05) is 41.4 Å². The van der Waals surface area contributed by atoms with Crippen molar-refractivity contribution in [1.29, 1.82) is 0 Å². The SMILES string of the molecule is O=S(=O)(Cc1ccc(Cl)c(Cl)c1)Nc1cccc(C2CCc3nncn3C2)c1. The lowest BCUT2D eigenvalue weighted by Crippen LogP contribution is -2.19. The molecule has 1 aromatic heterocycles. The van der Waals surface area contributed by atoms with E-state index in [-0.39, 0.29) is 5.75 Å². The highest BCUT2D eigenvalue weighted by molar-refractivity contribution is 7.91. The summed E-state index contributed by atoms with van der Waals surface area (Å²) in [5, 5.41) is 8.79. The molecular weight excluding hydrogens is 419 g/mol. The molecule has 0 aliphatic carbocycles. The van der Waals surface area contributed by atoms with E-state index in [9.17, 15) is 8.42 Å². The third-order valence-electron chi connectivity index (χ3n) is 4.80. The summed E-state index contributed by atoms with van der Waals surface area (Å²) in [7, 11) is -3.58. The van der Waals surface area contributed by atoms with E-state index >= 15 is 0 Å². The van der Waals surface area contributed by atoms with Gasteiger partial charge in [0, 0.05) is 24.6 Å². The van der Waals surface area contributed by atoms with Crippen molar-refractivity contribution in [3.05, 3.63) is 75.8 Å². The number of benzene rings is 2. The minimum atomic E-state index is -3.58. The first-order chi connectivity index (χ1) is 13.4. The van der Waals surface area contributed by atoms with Crippen LogP contribution in [0.3, 0.4) is 0 Å². The average Bonchev–Trinajstić information content (AvgIpc) is 3.12. The van der Waals surface area contributed by atoms with Crippen LogP contribution in [0.4, 0.5) is 5.69 Å². The first kappa shape index (κ1) is 19.2. The highest BCUT2D eigenvalue weighted by Gasteiger charge is 2.21. The Kier molecular flexibility index (Phi) is 5.31. The summed E-state index contributed by atoms with van der Waals surface area (Å²) in [6.07, 6.45) is 3.56. The van der Waals surface area contributed by atoms with Gasteiger partial charge in [-0.15, -0.1) is 10.2 Å². The summed E-state index contributed by atoms with van der Waals surface area (Å²) in [6.45, 7) is 0.793. The van der Waals surface area contributed by atoms with Crippen molar-refractivity contribution in [2.24, 2.45) is 0 Å². The molecule has 0 spiro atoms.